The molecule has 0 aliphatic carbocycles. The van der Waals surface area contributed by atoms with Gasteiger partial charge < -0.3 is 9.57 Å². The summed E-state index contributed by atoms with van der Waals surface area (Å²) in [6, 6.07) is 4.60. The van der Waals surface area contributed by atoms with Gasteiger partial charge in [-0.1, -0.05) is 28.4 Å². The van der Waals surface area contributed by atoms with E-state index in [1.807, 2.05) is 0 Å². The third-order valence-corrected chi connectivity index (χ3v) is 2.65. The third-order valence-electron chi connectivity index (χ3n) is 1.68. The van der Waals surface area contributed by atoms with Gasteiger partial charge in [0, 0.05) is 5.69 Å². The zero-order chi connectivity index (χ0) is 13.5. The van der Waals surface area contributed by atoms with Crippen LogP contribution < -0.4 is 5.32 Å². The fraction of sp³-hybridized carbons (Fsp3) is 0.200. The van der Waals surface area contributed by atoms with Crippen molar-refractivity contribution in [1.29, 1.82) is 0 Å². The lowest BCUT2D eigenvalue weighted by atomic mass is 10.3. The van der Waals surface area contributed by atoms with Crippen LogP contribution in [0.5, 0.6) is 0 Å². The maximum absolute atomic E-state index is 11.4. The van der Waals surface area contributed by atoms with Gasteiger partial charge in [0.2, 0.25) is 0 Å². The van der Waals surface area contributed by atoms with E-state index < -0.39 is 6.09 Å². The van der Waals surface area contributed by atoms with E-state index >= 15 is 0 Å². The molecule has 0 fully saturated rings. The van der Waals surface area contributed by atoms with Crippen LogP contribution in [-0.4, -0.2) is 25.0 Å². The molecule has 0 radical (unpaired) electrons. The standard InChI is InChI=1S/C10H9Cl3N2O3/c1-17-15-9(5-11)18-10(16)14-6-2-3-7(12)8(13)4-6/h2-4H,5H2,1H3,(H,14,16). The highest BCUT2D eigenvalue weighted by molar-refractivity contribution is 6.42. The number of oxime groups is 1. The highest BCUT2D eigenvalue weighted by Crippen LogP contribution is 2.24. The Kier molecular flexibility index (Phi) is 6.04. The fourth-order valence-corrected chi connectivity index (χ4v) is 1.40. The molecule has 8 heteroatoms. The Morgan fingerprint density at radius 1 is 1.39 bits per heavy atom. The maximum Gasteiger partial charge on any atom is 0.418 e. The van der Waals surface area contributed by atoms with Crippen LogP contribution in [0.25, 0.3) is 0 Å². The number of carbonyl (C=O) groups is 1. The minimum Gasteiger partial charge on any atom is -0.396 e. The summed E-state index contributed by atoms with van der Waals surface area (Å²) in [6.45, 7) is 0. The monoisotopic (exact) mass is 310 g/mol. The predicted molar refractivity (Wildman–Crippen MR) is 71.7 cm³/mol. The molecule has 0 aromatic heterocycles. The van der Waals surface area contributed by atoms with Gasteiger partial charge in [0.15, 0.2) is 0 Å². The molecular formula is C10H9Cl3N2O3. The summed E-state index contributed by atoms with van der Waals surface area (Å²) < 4.78 is 4.78. The molecule has 1 aromatic carbocycles. The molecular weight excluding hydrogens is 302 g/mol. The molecule has 1 rings (SSSR count). The number of amides is 1. The van der Waals surface area contributed by atoms with Crippen molar-refractivity contribution in [2.45, 2.75) is 0 Å². The van der Waals surface area contributed by atoms with E-state index in [1.54, 1.807) is 12.1 Å². The van der Waals surface area contributed by atoms with E-state index in [0.717, 1.165) is 0 Å². The summed E-state index contributed by atoms with van der Waals surface area (Å²) in [6.07, 6.45) is -0.759. The molecule has 1 amide bonds. The van der Waals surface area contributed by atoms with Gasteiger partial charge in [0.1, 0.15) is 13.0 Å². The van der Waals surface area contributed by atoms with Crippen molar-refractivity contribution in [3.63, 3.8) is 0 Å². The summed E-state index contributed by atoms with van der Waals surface area (Å²) >= 11 is 17.0. The Labute approximate surface area is 119 Å². The zero-order valence-electron chi connectivity index (χ0n) is 9.25. The molecule has 5 nitrogen and oxygen atoms in total. The van der Waals surface area contributed by atoms with E-state index in [0.29, 0.717) is 15.7 Å². The Hall–Kier alpha value is -1.17. The molecule has 1 aromatic rings. The number of anilines is 1. The van der Waals surface area contributed by atoms with Crippen LogP contribution in [0.3, 0.4) is 0 Å². The number of benzene rings is 1. The second-order valence-corrected chi connectivity index (χ2v) is 4.03. The number of rotatable bonds is 3. The predicted octanol–water partition coefficient (Wildman–Crippen LogP) is 3.74. The Bertz CT molecular complexity index is 466. The minimum absolute atomic E-state index is 0.0586. The molecule has 0 bridgehead atoms. The lowest BCUT2D eigenvalue weighted by Gasteiger charge is -2.07. The van der Waals surface area contributed by atoms with Gasteiger partial charge in [0.25, 0.3) is 5.90 Å². The summed E-state index contributed by atoms with van der Waals surface area (Å²) in [5.41, 5.74) is 0.431. The van der Waals surface area contributed by atoms with Crippen molar-refractivity contribution in [2.24, 2.45) is 5.16 Å². The van der Waals surface area contributed by atoms with E-state index in [1.165, 1.54) is 13.2 Å². The maximum atomic E-state index is 11.4. The second-order valence-electron chi connectivity index (χ2n) is 2.94. The molecule has 0 aliphatic heterocycles. The van der Waals surface area contributed by atoms with Gasteiger partial charge in [-0.05, 0) is 18.2 Å². The number of carbonyl (C=O) groups excluding carboxylic acids is 1. The van der Waals surface area contributed by atoms with Crippen molar-refractivity contribution < 1.29 is 14.4 Å². The average molecular weight is 312 g/mol. The smallest absolute Gasteiger partial charge is 0.396 e. The molecule has 1 N–H and O–H groups in total. The van der Waals surface area contributed by atoms with Crippen molar-refractivity contribution in [2.75, 3.05) is 18.3 Å². The van der Waals surface area contributed by atoms with E-state index in [2.05, 4.69) is 15.3 Å². The van der Waals surface area contributed by atoms with Gasteiger partial charge >= 0.3 is 6.09 Å². The first kappa shape index (κ1) is 14.9. The quantitative estimate of drug-likeness (QED) is 0.400. The molecule has 98 valence electrons. The second kappa shape index (κ2) is 7.31. The van der Waals surface area contributed by atoms with Crippen molar-refractivity contribution >= 4 is 52.5 Å². The summed E-state index contributed by atoms with van der Waals surface area (Å²) in [7, 11) is 1.31. The van der Waals surface area contributed by atoms with Gasteiger partial charge in [-0.15, -0.1) is 11.6 Å². The summed E-state index contributed by atoms with van der Waals surface area (Å²) in [4.78, 5) is 15.9. The van der Waals surface area contributed by atoms with Crippen LogP contribution in [0.1, 0.15) is 0 Å². The molecule has 0 saturated heterocycles. The molecule has 0 heterocycles. The highest BCUT2D eigenvalue weighted by atomic mass is 35.5. The van der Waals surface area contributed by atoms with Crippen LogP contribution in [0.4, 0.5) is 10.5 Å². The average Bonchev–Trinajstić information content (AvgIpc) is 2.33. The van der Waals surface area contributed by atoms with Crippen LogP contribution in [0.15, 0.2) is 23.4 Å². The minimum atomic E-state index is -0.759. The Morgan fingerprint density at radius 2 is 2.11 bits per heavy atom. The summed E-state index contributed by atoms with van der Waals surface area (Å²) in [5.74, 6) is -0.153. The van der Waals surface area contributed by atoms with Crippen LogP contribution >= 0.6 is 34.8 Å². The first-order valence-corrected chi connectivity index (χ1v) is 5.95. The molecule has 0 aliphatic rings. The Balaban J connectivity index is 2.64. The number of hydrogen-bond acceptors (Lipinski definition) is 4. The largest absolute Gasteiger partial charge is 0.418 e. The molecule has 0 spiro atoms. The fourth-order valence-electron chi connectivity index (χ4n) is 0.996. The van der Waals surface area contributed by atoms with Gasteiger partial charge in [-0.3, -0.25) is 5.32 Å². The lowest BCUT2D eigenvalue weighted by molar-refractivity contribution is 0.187. The van der Waals surface area contributed by atoms with Gasteiger partial charge in [0.05, 0.1) is 10.0 Å². The summed E-state index contributed by atoms with van der Waals surface area (Å²) in [5, 5.41) is 6.55. The van der Waals surface area contributed by atoms with Crippen molar-refractivity contribution in [1.82, 2.24) is 0 Å². The van der Waals surface area contributed by atoms with Crippen molar-refractivity contribution in [3.05, 3.63) is 28.2 Å². The first-order valence-electron chi connectivity index (χ1n) is 4.66. The number of hydrogen-bond donors (Lipinski definition) is 1. The molecule has 0 saturated carbocycles. The van der Waals surface area contributed by atoms with Gasteiger partial charge in [-0.25, -0.2) is 4.79 Å². The molecule has 0 atom stereocenters. The van der Waals surface area contributed by atoms with Crippen LogP contribution in [0.2, 0.25) is 10.0 Å². The van der Waals surface area contributed by atoms with E-state index in [4.69, 9.17) is 39.5 Å². The molecule has 18 heavy (non-hydrogen) atoms. The normalized spacial score (nSPS) is 11.0. The zero-order valence-corrected chi connectivity index (χ0v) is 11.5. The number of halogens is 3. The van der Waals surface area contributed by atoms with E-state index in [9.17, 15) is 4.79 Å². The van der Waals surface area contributed by atoms with E-state index in [-0.39, 0.29) is 11.8 Å². The topological polar surface area (TPSA) is 59.9 Å². The molecule has 0 unspecified atom stereocenters. The van der Waals surface area contributed by atoms with Crippen molar-refractivity contribution in [3.8, 4) is 0 Å². The first-order chi connectivity index (χ1) is 8.56. The SMILES string of the molecule is CON=C(CCl)OC(=O)Nc1ccc(Cl)c(Cl)c1. The number of alkyl halides is 1. The number of nitrogens with one attached hydrogen (secondary N) is 1. The number of ether oxygens (including phenoxy) is 1. The van der Waals surface area contributed by atoms with Crippen LogP contribution in [-0.2, 0) is 9.57 Å². The number of nitrogens with zero attached hydrogens (tertiary/aromatic N) is 1. The van der Waals surface area contributed by atoms with Crippen LogP contribution in [0, 0.1) is 0 Å². The highest BCUT2D eigenvalue weighted by Gasteiger charge is 2.09. The third kappa shape index (κ3) is 4.60. The van der Waals surface area contributed by atoms with Gasteiger partial charge in [-0.2, -0.15) is 0 Å². The lowest BCUT2D eigenvalue weighted by Crippen LogP contribution is -2.19. The Morgan fingerprint density at radius 3 is 2.67 bits per heavy atom.